The van der Waals surface area contributed by atoms with Crippen LogP contribution in [0.1, 0.15) is 68.0 Å². The third kappa shape index (κ3) is 5.57. The van der Waals surface area contributed by atoms with Crippen molar-refractivity contribution >= 4 is 27.1 Å². The van der Waals surface area contributed by atoms with Crippen LogP contribution in [0.2, 0.25) is 0 Å². The number of unbranched alkanes of at least 4 members (excludes halogenated alkanes) is 1. The molecule has 0 radical (unpaired) electrons. The summed E-state index contributed by atoms with van der Waals surface area (Å²) in [4.78, 5) is 16.2. The van der Waals surface area contributed by atoms with Gasteiger partial charge in [-0.15, -0.1) is 0 Å². The molecule has 0 saturated heterocycles. The van der Waals surface area contributed by atoms with E-state index >= 15 is 0 Å². The zero-order valence-electron chi connectivity index (χ0n) is 13.7. The molecular formula is C16H26N2O3S2. The highest BCUT2D eigenvalue weighted by Crippen LogP contribution is 2.27. The van der Waals surface area contributed by atoms with Gasteiger partial charge in [0.25, 0.3) is 5.91 Å². The van der Waals surface area contributed by atoms with Crippen molar-refractivity contribution in [2.24, 2.45) is 5.92 Å². The van der Waals surface area contributed by atoms with Crippen LogP contribution in [0.3, 0.4) is 0 Å². The lowest BCUT2D eigenvalue weighted by Crippen LogP contribution is -2.23. The molecule has 0 atom stereocenters. The maximum atomic E-state index is 12.0. The fourth-order valence-electron chi connectivity index (χ4n) is 2.95. The van der Waals surface area contributed by atoms with Crippen molar-refractivity contribution in [3.8, 4) is 0 Å². The van der Waals surface area contributed by atoms with Crippen LogP contribution in [0.5, 0.6) is 0 Å². The Hall–Kier alpha value is -0.950. The van der Waals surface area contributed by atoms with E-state index in [-0.39, 0.29) is 16.0 Å². The predicted molar refractivity (Wildman–Crippen MR) is 92.6 cm³/mol. The lowest BCUT2D eigenvalue weighted by Gasteiger charge is -2.21. The highest BCUT2D eigenvalue weighted by molar-refractivity contribution is 7.93. The van der Waals surface area contributed by atoms with Crippen LogP contribution >= 0.6 is 11.3 Å². The molecule has 1 aromatic rings. The number of nitrogens with zero attached hydrogens (tertiary/aromatic N) is 1. The van der Waals surface area contributed by atoms with Crippen LogP contribution in [-0.2, 0) is 9.84 Å². The number of amides is 1. The monoisotopic (exact) mass is 358 g/mol. The van der Waals surface area contributed by atoms with Crippen molar-refractivity contribution in [1.82, 2.24) is 10.3 Å². The summed E-state index contributed by atoms with van der Waals surface area (Å²) in [5, 5.41) is 2.86. The summed E-state index contributed by atoms with van der Waals surface area (Å²) in [5.74, 6) is 0.656. The first-order chi connectivity index (χ1) is 11.0. The number of nitrogens with one attached hydrogen (secondary N) is 1. The Morgan fingerprint density at radius 1 is 1.30 bits per heavy atom. The summed E-state index contributed by atoms with van der Waals surface area (Å²) >= 11 is 0.948. The number of thiazole rings is 1. The first-order valence-corrected chi connectivity index (χ1v) is 11.0. The Morgan fingerprint density at radius 3 is 2.74 bits per heavy atom. The lowest BCUT2D eigenvalue weighted by molar-refractivity contribution is 0.0956. The lowest BCUT2D eigenvalue weighted by atomic mass is 9.86. The van der Waals surface area contributed by atoms with Gasteiger partial charge < -0.3 is 5.32 Å². The largest absolute Gasteiger partial charge is 0.351 e. The van der Waals surface area contributed by atoms with Gasteiger partial charge in [-0.1, -0.05) is 63.2 Å². The molecular weight excluding hydrogens is 332 g/mol. The second-order valence-corrected chi connectivity index (χ2v) is 9.63. The molecule has 7 heteroatoms. The number of hydrogen-bond donors (Lipinski definition) is 1. The van der Waals surface area contributed by atoms with Crippen molar-refractivity contribution in [3.05, 3.63) is 11.1 Å². The minimum atomic E-state index is -3.33. The van der Waals surface area contributed by atoms with E-state index in [0.717, 1.165) is 30.1 Å². The maximum absolute atomic E-state index is 12.0. The molecule has 0 bridgehead atoms. The van der Waals surface area contributed by atoms with Gasteiger partial charge in [-0.05, 0) is 12.3 Å². The Kier molecular flexibility index (Phi) is 7.02. The van der Waals surface area contributed by atoms with E-state index in [4.69, 9.17) is 0 Å². The summed E-state index contributed by atoms with van der Waals surface area (Å²) in [6.07, 6.45) is 11.6. The molecule has 1 amide bonds. The molecule has 0 spiro atoms. The van der Waals surface area contributed by atoms with E-state index in [1.54, 1.807) is 6.92 Å². The molecule has 5 nitrogen and oxygen atoms in total. The van der Waals surface area contributed by atoms with Gasteiger partial charge >= 0.3 is 0 Å². The minimum absolute atomic E-state index is 0.00272. The molecule has 2 rings (SSSR count). The van der Waals surface area contributed by atoms with Crippen LogP contribution in [0.25, 0.3) is 0 Å². The second kappa shape index (κ2) is 8.78. The Morgan fingerprint density at radius 2 is 2.04 bits per heavy atom. The van der Waals surface area contributed by atoms with Crippen LogP contribution < -0.4 is 5.32 Å². The fourth-order valence-corrected chi connectivity index (χ4v) is 5.11. The van der Waals surface area contributed by atoms with Crippen molar-refractivity contribution < 1.29 is 13.2 Å². The predicted octanol–water partition coefficient (Wildman–Crippen LogP) is 3.42. The normalized spacial score (nSPS) is 16.4. The maximum Gasteiger partial charge on any atom is 0.263 e. The molecule has 23 heavy (non-hydrogen) atoms. The SMILES string of the molecule is CCS(=O)(=O)c1ncc(C(=O)NCCCCC2CCCCC2)s1. The number of hydrogen-bond acceptors (Lipinski definition) is 5. The van der Waals surface area contributed by atoms with Gasteiger partial charge in [-0.3, -0.25) is 4.79 Å². The number of sulfone groups is 1. The quantitative estimate of drug-likeness (QED) is 0.723. The smallest absolute Gasteiger partial charge is 0.263 e. The second-order valence-electron chi connectivity index (χ2n) is 6.15. The topological polar surface area (TPSA) is 76.1 Å². The summed E-state index contributed by atoms with van der Waals surface area (Å²) in [5.41, 5.74) is 0. The first-order valence-electron chi connectivity index (χ1n) is 8.49. The van der Waals surface area contributed by atoms with E-state index < -0.39 is 9.84 Å². The van der Waals surface area contributed by atoms with Crippen LogP contribution in [0.4, 0.5) is 0 Å². The molecule has 0 unspecified atom stereocenters. The van der Waals surface area contributed by atoms with Gasteiger partial charge in [0.2, 0.25) is 14.2 Å². The third-order valence-corrected chi connectivity index (χ3v) is 7.60. The van der Waals surface area contributed by atoms with E-state index in [9.17, 15) is 13.2 Å². The minimum Gasteiger partial charge on any atom is -0.351 e. The standard InChI is InChI=1S/C16H26N2O3S2/c1-2-23(20,21)16-18-12-14(22-16)15(19)17-11-7-6-10-13-8-4-3-5-9-13/h12-13H,2-11H2,1H3,(H,17,19). The van der Waals surface area contributed by atoms with Crippen molar-refractivity contribution in [3.63, 3.8) is 0 Å². The molecule has 1 aliphatic rings. The van der Waals surface area contributed by atoms with Crippen molar-refractivity contribution in [2.45, 2.75) is 62.6 Å². The van der Waals surface area contributed by atoms with Gasteiger partial charge in [0.15, 0.2) is 0 Å². The third-order valence-electron chi connectivity index (χ3n) is 4.40. The van der Waals surface area contributed by atoms with Gasteiger partial charge in [-0.25, -0.2) is 13.4 Å². The van der Waals surface area contributed by atoms with Gasteiger partial charge in [0.1, 0.15) is 4.88 Å². The molecule has 0 aromatic carbocycles. The average Bonchev–Trinajstić information content (AvgIpc) is 3.06. The molecule has 1 saturated carbocycles. The highest BCUT2D eigenvalue weighted by Gasteiger charge is 2.19. The van der Waals surface area contributed by atoms with Crippen LogP contribution in [-0.4, -0.2) is 31.6 Å². The van der Waals surface area contributed by atoms with E-state index in [1.807, 2.05) is 0 Å². The highest BCUT2D eigenvalue weighted by atomic mass is 32.2. The van der Waals surface area contributed by atoms with Gasteiger partial charge in [-0.2, -0.15) is 0 Å². The van der Waals surface area contributed by atoms with E-state index in [1.165, 1.54) is 44.7 Å². The average molecular weight is 359 g/mol. The van der Waals surface area contributed by atoms with Crippen molar-refractivity contribution in [2.75, 3.05) is 12.3 Å². The summed E-state index contributed by atoms with van der Waals surface area (Å²) in [6.45, 7) is 2.21. The molecule has 1 aromatic heterocycles. The zero-order chi connectivity index (χ0) is 16.7. The van der Waals surface area contributed by atoms with Crippen LogP contribution in [0, 0.1) is 5.92 Å². The van der Waals surface area contributed by atoms with E-state index in [0.29, 0.717) is 11.4 Å². The van der Waals surface area contributed by atoms with Crippen molar-refractivity contribution in [1.29, 1.82) is 0 Å². The first kappa shape index (κ1) is 18.4. The number of carbonyl (C=O) groups is 1. The van der Waals surface area contributed by atoms with Crippen LogP contribution in [0.15, 0.2) is 10.5 Å². The van der Waals surface area contributed by atoms with Gasteiger partial charge in [0, 0.05) is 6.54 Å². The molecule has 0 aliphatic heterocycles. The summed E-state index contributed by atoms with van der Waals surface area (Å²) in [7, 11) is -3.33. The molecule has 1 heterocycles. The molecule has 130 valence electrons. The number of aromatic nitrogens is 1. The number of rotatable bonds is 8. The Balaban J connectivity index is 1.68. The summed E-state index contributed by atoms with van der Waals surface area (Å²) in [6, 6.07) is 0. The number of carbonyl (C=O) groups excluding carboxylic acids is 1. The van der Waals surface area contributed by atoms with Gasteiger partial charge in [0.05, 0.1) is 11.9 Å². The molecule has 1 aliphatic carbocycles. The zero-order valence-corrected chi connectivity index (χ0v) is 15.3. The molecule has 1 N–H and O–H groups in total. The Labute approximate surface area is 142 Å². The Bertz CT molecular complexity index is 605. The molecule has 1 fully saturated rings. The fraction of sp³-hybridized carbons (Fsp3) is 0.750. The summed E-state index contributed by atoms with van der Waals surface area (Å²) < 4.78 is 23.4. The van der Waals surface area contributed by atoms with E-state index in [2.05, 4.69) is 10.3 Å².